The van der Waals surface area contributed by atoms with Crippen LogP contribution >= 0.6 is 0 Å². The van der Waals surface area contributed by atoms with E-state index in [1.54, 1.807) is 0 Å². The third kappa shape index (κ3) is 6.17. The van der Waals surface area contributed by atoms with E-state index in [-0.39, 0.29) is 11.5 Å². The number of nitrogens with two attached hydrogens (primary N) is 1. The zero-order valence-electron chi connectivity index (χ0n) is 14.0. The Kier molecular flexibility index (Phi) is 5.40. The van der Waals surface area contributed by atoms with Crippen LogP contribution in [0.2, 0.25) is 0 Å². The molecule has 0 saturated heterocycles. The number of benzene rings is 1. The van der Waals surface area contributed by atoms with Gasteiger partial charge in [-0.05, 0) is 37.3 Å². The molecule has 0 aliphatic carbocycles. The second-order valence-electron chi connectivity index (χ2n) is 7.36. The van der Waals surface area contributed by atoms with Gasteiger partial charge in [-0.15, -0.1) is 0 Å². The molecule has 1 amide bonds. The molecule has 0 aliphatic heterocycles. The number of hydrogen-bond acceptors (Lipinski definition) is 3. The van der Waals surface area contributed by atoms with Gasteiger partial charge in [0.2, 0.25) is 0 Å². The quantitative estimate of drug-likeness (QED) is 0.896. The van der Waals surface area contributed by atoms with Crippen molar-refractivity contribution in [3.63, 3.8) is 0 Å². The molecule has 0 aromatic heterocycles. The molecule has 1 atom stereocenters. The molecule has 0 aliphatic rings. The highest BCUT2D eigenvalue weighted by molar-refractivity contribution is 5.67. The van der Waals surface area contributed by atoms with Crippen molar-refractivity contribution in [3.8, 4) is 0 Å². The van der Waals surface area contributed by atoms with Gasteiger partial charge in [0, 0.05) is 12.6 Å². The monoisotopic (exact) mass is 292 g/mol. The van der Waals surface area contributed by atoms with Crippen molar-refractivity contribution in [1.29, 1.82) is 0 Å². The van der Waals surface area contributed by atoms with E-state index >= 15 is 0 Å². The minimum atomic E-state index is -0.500. The lowest BCUT2D eigenvalue weighted by atomic mass is 9.85. The lowest BCUT2D eigenvalue weighted by molar-refractivity contribution is 0.0524. The van der Waals surface area contributed by atoms with Crippen LogP contribution in [0, 0.1) is 0 Å². The molecule has 0 heterocycles. The number of carbonyl (C=O) groups excluding carboxylic acids is 1. The van der Waals surface area contributed by atoms with Gasteiger partial charge in [-0.2, -0.15) is 0 Å². The molecule has 0 radical (unpaired) electrons. The van der Waals surface area contributed by atoms with Crippen LogP contribution in [-0.4, -0.2) is 18.2 Å². The Morgan fingerprint density at radius 3 is 2.38 bits per heavy atom. The van der Waals surface area contributed by atoms with E-state index in [0.29, 0.717) is 6.54 Å². The predicted octanol–water partition coefficient (Wildman–Crippen LogP) is 3.51. The fourth-order valence-corrected chi connectivity index (χ4v) is 1.86. The number of nitrogens with one attached hydrogen (secondary N) is 1. The van der Waals surface area contributed by atoms with Gasteiger partial charge in [0.25, 0.3) is 0 Å². The van der Waals surface area contributed by atoms with Gasteiger partial charge in [0.15, 0.2) is 0 Å². The van der Waals surface area contributed by atoms with Crippen LogP contribution in [-0.2, 0) is 10.2 Å². The van der Waals surface area contributed by atoms with Crippen LogP contribution < -0.4 is 11.1 Å². The Morgan fingerprint density at radius 2 is 1.86 bits per heavy atom. The van der Waals surface area contributed by atoms with Gasteiger partial charge in [-0.1, -0.05) is 45.0 Å². The molecule has 4 nitrogen and oxygen atoms in total. The van der Waals surface area contributed by atoms with Crippen LogP contribution in [0.3, 0.4) is 0 Å². The van der Waals surface area contributed by atoms with Gasteiger partial charge >= 0.3 is 6.09 Å². The van der Waals surface area contributed by atoms with Crippen molar-refractivity contribution in [2.75, 3.05) is 6.54 Å². The minimum Gasteiger partial charge on any atom is -0.444 e. The summed E-state index contributed by atoms with van der Waals surface area (Å²) in [6.07, 6.45) is -0.440. The topological polar surface area (TPSA) is 64.3 Å². The van der Waals surface area contributed by atoms with E-state index in [1.165, 1.54) is 5.56 Å². The Bertz CT molecular complexity index is 484. The average Bonchev–Trinajstić information content (AvgIpc) is 2.33. The number of amides is 1. The van der Waals surface area contributed by atoms with Crippen LogP contribution in [0.5, 0.6) is 0 Å². The summed E-state index contributed by atoms with van der Waals surface area (Å²) >= 11 is 0. The summed E-state index contributed by atoms with van der Waals surface area (Å²) in [7, 11) is 0. The molecule has 1 unspecified atom stereocenters. The second kappa shape index (κ2) is 6.48. The zero-order chi connectivity index (χ0) is 16.3. The number of ether oxygens (including phenoxy) is 1. The van der Waals surface area contributed by atoms with Gasteiger partial charge in [0.1, 0.15) is 5.60 Å². The summed E-state index contributed by atoms with van der Waals surface area (Å²) in [4.78, 5) is 11.6. The Morgan fingerprint density at radius 1 is 1.24 bits per heavy atom. The molecule has 1 aromatic carbocycles. The highest BCUT2D eigenvalue weighted by Gasteiger charge is 2.18. The molecular formula is C17H28N2O2. The molecule has 118 valence electrons. The van der Waals surface area contributed by atoms with E-state index in [2.05, 4.69) is 38.2 Å². The van der Waals surface area contributed by atoms with Crippen LogP contribution in [0.25, 0.3) is 0 Å². The summed E-state index contributed by atoms with van der Waals surface area (Å²) in [5, 5.41) is 2.71. The van der Waals surface area contributed by atoms with Gasteiger partial charge in [-0.25, -0.2) is 4.79 Å². The van der Waals surface area contributed by atoms with Crippen LogP contribution in [0.1, 0.15) is 58.7 Å². The van der Waals surface area contributed by atoms with E-state index in [1.807, 2.05) is 32.9 Å². The highest BCUT2D eigenvalue weighted by Crippen LogP contribution is 2.24. The van der Waals surface area contributed by atoms with Crippen molar-refractivity contribution < 1.29 is 9.53 Å². The second-order valence-corrected chi connectivity index (χ2v) is 7.36. The van der Waals surface area contributed by atoms with E-state index in [4.69, 9.17) is 10.5 Å². The highest BCUT2D eigenvalue weighted by atomic mass is 16.6. The standard InChI is InChI=1S/C17H28N2O2/c1-16(2,3)13-9-7-8-12(10-13)14(18)11-19-15(20)21-17(4,5)6/h7-10,14H,11,18H2,1-6H3,(H,19,20). The molecule has 0 bridgehead atoms. The normalized spacial score (nSPS) is 13.7. The molecular weight excluding hydrogens is 264 g/mol. The van der Waals surface area contributed by atoms with E-state index in [0.717, 1.165) is 5.56 Å². The van der Waals surface area contributed by atoms with Crippen molar-refractivity contribution in [2.24, 2.45) is 5.73 Å². The Hall–Kier alpha value is -1.55. The summed E-state index contributed by atoms with van der Waals surface area (Å²) < 4.78 is 5.20. The summed E-state index contributed by atoms with van der Waals surface area (Å²) in [5.74, 6) is 0. The molecule has 0 fully saturated rings. The first-order chi connectivity index (χ1) is 9.49. The summed E-state index contributed by atoms with van der Waals surface area (Å²) in [6.45, 7) is 12.3. The predicted molar refractivity (Wildman–Crippen MR) is 86.3 cm³/mol. The van der Waals surface area contributed by atoms with Gasteiger partial charge in [0.05, 0.1) is 0 Å². The fourth-order valence-electron chi connectivity index (χ4n) is 1.86. The molecule has 4 heteroatoms. The fraction of sp³-hybridized carbons (Fsp3) is 0.588. The maximum atomic E-state index is 11.6. The van der Waals surface area contributed by atoms with Crippen molar-refractivity contribution in [1.82, 2.24) is 5.32 Å². The maximum absolute atomic E-state index is 11.6. The molecule has 0 saturated carbocycles. The van der Waals surface area contributed by atoms with Gasteiger partial charge in [-0.3, -0.25) is 0 Å². The molecule has 1 rings (SSSR count). The smallest absolute Gasteiger partial charge is 0.407 e. The molecule has 0 spiro atoms. The SMILES string of the molecule is CC(C)(C)OC(=O)NCC(N)c1cccc(C(C)(C)C)c1. The number of alkyl carbamates (subject to hydrolysis) is 1. The van der Waals surface area contributed by atoms with E-state index in [9.17, 15) is 4.79 Å². The van der Waals surface area contributed by atoms with Gasteiger partial charge < -0.3 is 15.8 Å². The van der Waals surface area contributed by atoms with Crippen molar-refractivity contribution >= 4 is 6.09 Å². The molecule has 21 heavy (non-hydrogen) atoms. The van der Waals surface area contributed by atoms with Crippen molar-refractivity contribution in [3.05, 3.63) is 35.4 Å². The third-order valence-corrected chi connectivity index (χ3v) is 3.05. The summed E-state index contributed by atoms with van der Waals surface area (Å²) in [6, 6.07) is 7.93. The largest absolute Gasteiger partial charge is 0.444 e. The average molecular weight is 292 g/mol. The van der Waals surface area contributed by atoms with E-state index < -0.39 is 11.7 Å². The molecule has 3 N–H and O–H groups in total. The Balaban J connectivity index is 2.64. The molecule has 1 aromatic rings. The third-order valence-electron chi connectivity index (χ3n) is 3.05. The lowest BCUT2D eigenvalue weighted by Crippen LogP contribution is -2.36. The number of carbonyl (C=O) groups is 1. The minimum absolute atomic E-state index is 0.0777. The first-order valence-corrected chi connectivity index (χ1v) is 7.32. The van der Waals surface area contributed by atoms with Crippen molar-refractivity contribution in [2.45, 2.75) is 58.6 Å². The first kappa shape index (κ1) is 17.5. The summed E-state index contributed by atoms with van der Waals surface area (Å²) in [5.41, 5.74) is 7.97. The Labute approximate surface area is 128 Å². The first-order valence-electron chi connectivity index (χ1n) is 7.32. The zero-order valence-corrected chi connectivity index (χ0v) is 14.0. The van der Waals surface area contributed by atoms with Crippen LogP contribution in [0.4, 0.5) is 4.79 Å². The number of rotatable bonds is 3. The maximum Gasteiger partial charge on any atom is 0.407 e. The van der Waals surface area contributed by atoms with Crippen LogP contribution in [0.15, 0.2) is 24.3 Å². The number of hydrogen-bond donors (Lipinski definition) is 2. The lowest BCUT2D eigenvalue weighted by Gasteiger charge is -2.22.